The summed E-state index contributed by atoms with van der Waals surface area (Å²) in [6.45, 7) is 2.94. The number of hydrogen-bond acceptors (Lipinski definition) is 1. The van der Waals surface area contributed by atoms with Crippen LogP contribution in [0.4, 0.5) is 5.69 Å². The Bertz CT molecular complexity index is 610. The summed E-state index contributed by atoms with van der Waals surface area (Å²) in [7, 11) is 4.56. The molecule has 0 saturated heterocycles. The molecule has 0 aliphatic carbocycles. The Kier molecular flexibility index (Phi) is 4.94. The van der Waals surface area contributed by atoms with Crippen LogP contribution in [0.3, 0.4) is 0 Å². The smallest absolute Gasteiger partial charge is 0.136 e. The molecule has 2 aromatic rings. The zero-order chi connectivity index (χ0) is 14.2. The summed E-state index contributed by atoms with van der Waals surface area (Å²) in [6, 6.07) is 17.5. The highest BCUT2D eigenvalue weighted by Gasteiger charge is 2.36. The van der Waals surface area contributed by atoms with Gasteiger partial charge in [0.1, 0.15) is 18.0 Å². The highest BCUT2D eigenvalue weighted by atomic mass is 127. The van der Waals surface area contributed by atoms with E-state index in [-0.39, 0.29) is 24.0 Å². The van der Waals surface area contributed by atoms with Gasteiger partial charge in [-0.1, -0.05) is 30.3 Å². The Morgan fingerprint density at radius 2 is 1.81 bits per heavy atom. The van der Waals surface area contributed by atoms with Crippen LogP contribution in [0.1, 0.15) is 18.1 Å². The number of likely N-dealkylation sites (N-methyl/N-ethyl adjacent to an activating group) is 1. The zero-order valence-electron chi connectivity index (χ0n) is 12.8. The largest absolute Gasteiger partial charge is 1.00 e. The molecule has 0 saturated carbocycles. The van der Waals surface area contributed by atoms with Gasteiger partial charge < -0.3 is 28.7 Å². The monoisotopic (exact) mass is 395 g/mol. The minimum atomic E-state index is 0. The highest BCUT2D eigenvalue weighted by Crippen LogP contribution is 2.38. The second kappa shape index (κ2) is 6.36. The molecule has 0 fully saturated rings. The van der Waals surface area contributed by atoms with Crippen molar-refractivity contribution in [3.05, 3.63) is 59.7 Å². The fraction of sp³-hybridized carbons (Fsp3) is 0.333. The van der Waals surface area contributed by atoms with Gasteiger partial charge in [-0.3, -0.25) is 4.48 Å². The van der Waals surface area contributed by atoms with Gasteiger partial charge in [0.15, 0.2) is 0 Å². The molecule has 1 aliphatic rings. The Morgan fingerprint density at radius 1 is 1.10 bits per heavy atom. The quantitative estimate of drug-likeness (QED) is 0.552. The third-order valence-corrected chi connectivity index (χ3v) is 4.54. The molecule has 112 valence electrons. The molecule has 2 aromatic carbocycles. The van der Waals surface area contributed by atoms with Gasteiger partial charge in [0, 0.05) is 18.1 Å². The van der Waals surface area contributed by atoms with E-state index in [9.17, 15) is 0 Å². The van der Waals surface area contributed by atoms with E-state index in [1.165, 1.54) is 16.8 Å². The first kappa shape index (κ1) is 16.3. The van der Waals surface area contributed by atoms with Gasteiger partial charge in [0.25, 0.3) is 0 Å². The lowest BCUT2D eigenvalue weighted by atomic mass is 10.1. The molecule has 1 aliphatic heterocycles. The predicted molar refractivity (Wildman–Crippen MR) is 84.0 cm³/mol. The first-order chi connectivity index (χ1) is 9.57. The second-order valence-corrected chi connectivity index (χ2v) is 6.16. The maximum Gasteiger partial charge on any atom is 0.136 e. The van der Waals surface area contributed by atoms with Crippen LogP contribution in [0.15, 0.2) is 48.5 Å². The van der Waals surface area contributed by atoms with Gasteiger partial charge in [-0.05, 0) is 24.6 Å². The first-order valence-electron chi connectivity index (χ1n) is 7.21. The molecule has 2 nitrogen and oxygen atoms in total. The Hall–Kier alpha value is -1.07. The number of quaternary nitrogens is 1. The summed E-state index contributed by atoms with van der Waals surface area (Å²) < 4.78 is 6.88. The maximum absolute atomic E-state index is 5.91. The van der Waals surface area contributed by atoms with Crippen molar-refractivity contribution in [1.82, 2.24) is 4.48 Å². The molecule has 0 N–H and O–H groups in total. The topological polar surface area (TPSA) is 9.23 Å². The van der Waals surface area contributed by atoms with Crippen LogP contribution in [0, 0.1) is 0 Å². The minimum absolute atomic E-state index is 0. The van der Waals surface area contributed by atoms with Crippen molar-refractivity contribution < 1.29 is 28.7 Å². The number of hydrogen-bond donors (Lipinski definition) is 0. The van der Waals surface area contributed by atoms with Crippen LogP contribution in [-0.4, -0.2) is 20.1 Å². The van der Waals surface area contributed by atoms with E-state index in [0.29, 0.717) is 12.6 Å². The van der Waals surface area contributed by atoms with Gasteiger partial charge in [-0.2, -0.15) is 0 Å². The van der Waals surface area contributed by atoms with Gasteiger partial charge in [-0.15, -0.1) is 0 Å². The lowest BCUT2D eigenvalue weighted by Crippen LogP contribution is -3.00. The molecule has 0 aromatic heterocycles. The summed E-state index contributed by atoms with van der Waals surface area (Å²) in [5.74, 6) is 0.974. The third-order valence-electron chi connectivity index (χ3n) is 4.54. The summed E-state index contributed by atoms with van der Waals surface area (Å²) in [5.41, 5.74) is 4.05. The van der Waals surface area contributed by atoms with Crippen molar-refractivity contribution in [1.29, 1.82) is 0 Å². The van der Waals surface area contributed by atoms with E-state index in [4.69, 9.17) is 4.74 Å². The summed E-state index contributed by atoms with van der Waals surface area (Å²) in [4.78, 5) is 0. The second-order valence-electron chi connectivity index (χ2n) is 6.16. The number of halogens is 1. The summed E-state index contributed by atoms with van der Waals surface area (Å²) in [6.07, 6.45) is 1.13. The van der Waals surface area contributed by atoms with Gasteiger partial charge >= 0.3 is 0 Å². The van der Waals surface area contributed by atoms with Crippen LogP contribution < -0.4 is 33.2 Å². The van der Waals surface area contributed by atoms with Crippen molar-refractivity contribution in [3.63, 3.8) is 0 Å². The summed E-state index contributed by atoms with van der Waals surface area (Å²) >= 11 is 0. The molecular formula is C18H22INO. The minimum Gasteiger partial charge on any atom is -1.00 e. The van der Waals surface area contributed by atoms with E-state index >= 15 is 0 Å². The van der Waals surface area contributed by atoms with Crippen molar-refractivity contribution in [3.8, 4) is 5.75 Å². The fourth-order valence-electron chi connectivity index (χ4n) is 2.90. The van der Waals surface area contributed by atoms with E-state index in [0.717, 1.165) is 16.7 Å². The average molecular weight is 395 g/mol. The van der Waals surface area contributed by atoms with Gasteiger partial charge in [0.2, 0.25) is 0 Å². The third kappa shape index (κ3) is 3.24. The van der Waals surface area contributed by atoms with Crippen LogP contribution >= 0.6 is 0 Å². The molecule has 1 atom stereocenters. The Morgan fingerprint density at radius 3 is 2.52 bits per heavy atom. The van der Waals surface area contributed by atoms with E-state index in [1.54, 1.807) is 0 Å². The van der Waals surface area contributed by atoms with Crippen LogP contribution in [0.2, 0.25) is 0 Å². The number of nitrogens with zero attached hydrogens (tertiary/aromatic N) is 1. The number of ether oxygens (including phenoxy) is 1. The highest BCUT2D eigenvalue weighted by molar-refractivity contribution is 5.57. The molecule has 1 heterocycles. The SMILES string of the molecule is CC1Cc2cc(OCc3ccccc3)ccc2[N+]1(C)C.[I-]. The first-order valence-corrected chi connectivity index (χ1v) is 7.21. The van der Waals surface area contributed by atoms with E-state index in [1.807, 2.05) is 18.2 Å². The van der Waals surface area contributed by atoms with Crippen molar-refractivity contribution >= 4 is 5.69 Å². The normalized spacial score (nSPS) is 18.7. The molecule has 0 spiro atoms. The molecule has 0 radical (unpaired) electrons. The van der Waals surface area contributed by atoms with Gasteiger partial charge in [0.05, 0.1) is 20.1 Å². The number of benzene rings is 2. The number of fused-ring (bicyclic) bond motifs is 1. The van der Waals surface area contributed by atoms with Crippen molar-refractivity contribution in [2.24, 2.45) is 0 Å². The standard InChI is InChI=1S/C18H22NO.HI/c1-14-11-16-12-17(9-10-18(16)19(14,2)3)20-13-15-7-5-4-6-8-15;/h4-10,12,14H,11,13H2,1-3H3;1H/q+1;/p-1. The van der Waals surface area contributed by atoms with Crippen LogP contribution in [-0.2, 0) is 13.0 Å². The lowest BCUT2D eigenvalue weighted by molar-refractivity contribution is -0.00000459. The van der Waals surface area contributed by atoms with Crippen LogP contribution in [0.5, 0.6) is 5.75 Å². The average Bonchev–Trinajstić information content (AvgIpc) is 2.68. The fourth-order valence-corrected chi connectivity index (χ4v) is 2.90. The van der Waals surface area contributed by atoms with Crippen LogP contribution in [0.25, 0.3) is 0 Å². The van der Waals surface area contributed by atoms with E-state index < -0.39 is 0 Å². The molecule has 1 unspecified atom stereocenters. The molecule has 0 bridgehead atoms. The van der Waals surface area contributed by atoms with Gasteiger partial charge in [-0.25, -0.2) is 0 Å². The molecule has 3 rings (SSSR count). The van der Waals surface area contributed by atoms with Crippen molar-refractivity contribution in [2.75, 3.05) is 14.1 Å². The van der Waals surface area contributed by atoms with Crippen molar-refractivity contribution in [2.45, 2.75) is 26.0 Å². The Balaban J connectivity index is 0.00000161. The predicted octanol–water partition coefficient (Wildman–Crippen LogP) is 0.781. The zero-order valence-corrected chi connectivity index (χ0v) is 15.0. The molecule has 0 amide bonds. The molecular weight excluding hydrogens is 373 g/mol. The Labute approximate surface area is 144 Å². The lowest BCUT2D eigenvalue weighted by Gasteiger charge is -2.29. The molecule has 3 heteroatoms. The number of rotatable bonds is 3. The maximum atomic E-state index is 5.91. The van der Waals surface area contributed by atoms with E-state index in [2.05, 4.69) is 51.4 Å². The molecule has 21 heavy (non-hydrogen) atoms. The summed E-state index contributed by atoms with van der Waals surface area (Å²) in [5, 5.41) is 0.